The fourth-order valence-electron chi connectivity index (χ4n) is 6.41. The molecular formula is C42H26N2O. The molecule has 0 fully saturated rings. The molecule has 9 aromatic rings. The van der Waals surface area contributed by atoms with Crippen LogP contribution in [0.5, 0.6) is 0 Å². The van der Waals surface area contributed by atoms with E-state index in [1.165, 1.54) is 21.9 Å². The van der Waals surface area contributed by atoms with Crippen LogP contribution in [0.25, 0.3) is 88.5 Å². The first-order chi connectivity index (χ1) is 22.3. The predicted molar refractivity (Wildman–Crippen MR) is 186 cm³/mol. The van der Waals surface area contributed by atoms with Crippen LogP contribution in [0.4, 0.5) is 0 Å². The molecule has 0 aliphatic heterocycles. The fraction of sp³-hybridized carbons (Fsp3) is 0. The molecule has 0 aliphatic rings. The number of hydrogen-bond acceptors (Lipinski definition) is 3. The van der Waals surface area contributed by atoms with Gasteiger partial charge in [-0.2, -0.15) is 0 Å². The highest BCUT2D eigenvalue weighted by molar-refractivity contribution is 6.12. The second kappa shape index (κ2) is 10.3. The van der Waals surface area contributed by atoms with E-state index in [2.05, 4.69) is 115 Å². The van der Waals surface area contributed by atoms with Gasteiger partial charge in [-0.25, -0.2) is 9.97 Å². The lowest BCUT2D eigenvalue weighted by Crippen LogP contribution is -1.95. The van der Waals surface area contributed by atoms with Crippen LogP contribution in [-0.4, -0.2) is 9.97 Å². The highest BCUT2D eigenvalue weighted by Gasteiger charge is 2.16. The minimum absolute atomic E-state index is 0.866. The Hall–Kier alpha value is -6.06. The first kappa shape index (κ1) is 25.4. The zero-order chi connectivity index (χ0) is 29.7. The van der Waals surface area contributed by atoms with E-state index in [1.54, 1.807) is 0 Å². The lowest BCUT2D eigenvalue weighted by atomic mass is 9.96. The van der Waals surface area contributed by atoms with Gasteiger partial charge in [-0.05, 0) is 63.4 Å². The van der Waals surface area contributed by atoms with Crippen LogP contribution in [0, 0.1) is 0 Å². The third kappa shape index (κ3) is 4.37. The summed E-state index contributed by atoms with van der Waals surface area (Å²) in [6.07, 6.45) is 0. The molecule has 0 spiro atoms. The van der Waals surface area contributed by atoms with E-state index in [1.807, 2.05) is 42.5 Å². The van der Waals surface area contributed by atoms with Crippen LogP contribution in [0.1, 0.15) is 0 Å². The van der Waals surface area contributed by atoms with Crippen LogP contribution < -0.4 is 0 Å². The summed E-state index contributed by atoms with van der Waals surface area (Å²) in [5.74, 6) is 0. The van der Waals surface area contributed by atoms with E-state index < -0.39 is 0 Å². The second-order valence-corrected chi connectivity index (χ2v) is 11.4. The lowest BCUT2D eigenvalue weighted by molar-refractivity contribution is 0.669. The monoisotopic (exact) mass is 574 g/mol. The van der Waals surface area contributed by atoms with Gasteiger partial charge in [0.2, 0.25) is 0 Å². The molecule has 3 nitrogen and oxygen atoms in total. The summed E-state index contributed by atoms with van der Waals surface area (Å²) in [5, 5.41) is 4.75. The van der Waals surface area contributed by atoms with Crippen LogP contribution >= 0.6 is 0 Å². The number of nitrogens with zero attached hydrogens (tertiary/aromatic N) is 2. The van der Waals surface area contributed by atoms with Gasteiger partial charge in [0.25, 0.3) is 0 Å². The second-order valence-electron chi connectivity index (χ2n) is 11.4. The number of hydrogen-bond donors (Lipinski definition) is 0. The van der Waals surface area contributed by atoms with Crippen molar-refractivity contribution >= 4 is 43.7 Å². The van der Waals surface area contributed by atoms with Gasteiger partial charge in [0, 0.05) is 21.9 Å². The normalized spacial score (nSPS) is 11.6. The van der Waals surface area contributed by atoms with Gasteiger partial charge in [-0.15, -0.1) is 0 Å². The molecule has 2 heterocycles. The summed E-state index contributed by atoms with van der Waals surface area (Å²) in [5.41, 5.74) is 12.0. The third-order valence-corrected chi connectivity index (χ3v) is 8.68. The molecule has 0 bridgehead atoms. The van der Waals surface area contributed by atoms with E-state index in [-0.39, 0.29) is 0 Å². The van der Waals surface area contributed by atoms with E-state index in [9.17, 15) is 0 Å². The van der Waals surface area contributed by atoms with Gasteiger partial charge in [-0.1, -0.05) is 127 Å². The maximum atomic E-state index is 6.15. The smallest absolute Gasteiger partial charge is 0.136 e. The number of fused-ring (bicyclic) bond motifs is 5. The quantitative estimate of drug-likeness (QED) is 0.210. The van der Waals surface area contributed by atoms with Gasteiger partial charge in [0.15, 0.2) is 0 Å². The Labute approximate surface area is 260 Å². The van der Waals surface area contributed by atoms with Crippen molar-refractivity contribution in [3.8, 4) is 44.8 Å². The Kier molecular flexibility index (Phi) is 5.82. The van der Waals surface area contributed by atoms with E-state index in [4.69, 9.17) is 14.4 Å². The molecule has 9 rings (SSSR count). The van der Waals surface area contributed by atoms with Crippen molar-refractivity contribution in [2.24, 2.45) is 0 Å². The van der Waals surface area contributed by atoms with E-state index >= 15 is 0 Å². The zero-order valence-electron chi connectivity index (χ0n) is 24.3. The van der Waals surface area contributed by atoms with Gasteiger partial charge in [0.05, 0.1) is 22.4 Å². The minimum Gasteiger partial charge on any atom is -0.456 e. The molecular weight excluding hydrogens is 548 g/mol. The highest BCUT2D eigenvalue weighted by atomic mass is 16.3. The van der Waals surface area contributed by atoms with Crippen molar-refractivity contribution in [3.63, 3.8) is 0 Å². The molecule has 0 amide bonds. The van der Waals surface area contributed by atoms with Gasteiger partial charge >= 0.3 is 0 Å². The number of furan rings is 1. The molecule has 0 N–H and O–H groups in total. The molecule has 0 saturated heterocycles. The van der Waals surface area contributed by atoms with Crippen LogP contribution in [0.2, 0.25) is 0 Å². The van der Waals surface area contributed by atoms with E-state index in [0.717, 1.165) is 66.6 Å². The van der Waals surface area contributed by atoms with Crippen molar-refractivity contribution < 1.29 is 4.42 Å². The third-order valence-electron chi connectivity index (χ3n) is 8.68. The van der Waals surface area contributed by atoms with Crippen LogP contribution in [-0.2, 0) is 0 Å². The number of aromatic nitrogens is 2. The van der Waals surface area contributed by atoms with Gasteiger partial charge in [-0.3, -0.25) is 0 Å². The molecule has 210 valence electrons. The van der Waals surface area contributed by atoms with Crippen molar-refractivity contribution in [1.29, 1.82) is 0 Å². The minimum atomic E-state index is 0.866. The zero-order valence-corrected chi connectivity index (χ0v) is 24.3. The Morgan fingerprint density at radius 2 is 0.933 bits per heavy atom. The summed E-state index contributed by atoms with van der Waals surface area (Å²) in [4.78, 5) is 10.3. The molecule has 0 aliphatic carbocycles. The molecule has 0 saturated carbocycles. The average molecular weight is 575 g/mol. The summed E-state index contributed by atoms with van der Waals surface area (Å²) >= 11 is 0. The first-order valence-corrected chi connectivity index (χ1v) is 15.2. The molecule has 0 radical (unpaired) electrons. The predicted octanol–water partition coefficient (Wildman–Crippen LogP) is 11.4. The SMILES string of the molecule is c1ccc2cc(-c3ccc(-c4nc5ccccc5nc4-c4ccc(-c5cccc6oc7ccccc7c56)cc4)cc3)ccc2c1. The maximum absolute atomic E-state index is 6.15. The topological polar surface area (TPSA) is 38.9 Å². The average Bonchev–Trinajstić information content (AvgIpc) is 3.50. The molecule has 2 aromatic heterocycles. The van der Waals surface area contributed by atoms with Gasteiger partial charge in [0.1, 0.15) is 11.2 Å². The number of benzene rings is 7. The van der Waals surface area contributed by atoms with Crippen molar-refractivity contribution in [1.82, 2.24) is 9.97 Å². The molecule has 7 aromatic carbocycles. The molecule has 0 unspecified atom stereocenters. The number of para-hydroxylation sites is 3. The first-order valence-electron chi connectivity index (χ1n) is 15.2. The van der Waals surface area contributed by atoms with Crippen LogP contribution in [0.15, 0.2) is 162 Å². The summed E-state index contributed by atoms with van der Waals surface area (Å²) in [7, 11) is 0. The number of rotatable bonds is 4. The van der Waals surface area contributed by atoms with Crippen molar-refractivity contribution in [2.75, 3.05) is 0 Å². The largest absolute Gasteiger partial charge is 0.456 e. The Balaban J connectivity index is 1.13. The Bertz CT molecular complexity index is 2530. The molecule has 3 heteroatoms. The fourth-order valence-corrected chi connectivity index (χ4v) is 6.41. The van der Waals surface area contributed by atoms with E-state index in [0.29, 0.717) is 0 Å². The highest BCUT2D eigenvalue weighted by Crippen LogP contribution is 2.38. The van der Waals surface area contributed by atoms with Crippen molar-refractivity contribution in [2.45, 2.75) is 0 Å². The standard InChI is InChI=1S/C42H26N2O/c1-2-9-32-26-33(25-18-27(32)8-1)28-16-21-30(22-17-28)41-42(44-37-13-5-4-12-36(37)43-41)31-23-19-29(20-24-31)34-11-7-15-39-40(34)35-10-3-6-14-38(35)45-39/h1-26H. The molecule has 45 heavy (non-hydrogen) atoms. The maximum Gasteiger partial charge on any atom is 0.136 e. The van der Waals surface area contributed by atoms with Crippen molar-refractivity contribution in [3.05, 3.63) is 158 Å². The molecule has 0 atom stereocenters. The summed E-state index contributed by atoms with van der Waals surface area (Å²) in [6, 6.07) is 55.0. The Morgan fingerprint density at radius 3 is 1.67 bits per heavy atom. The summed E-state index contributed by atoms with van der Waals surface area (Å²) in [6.45, 7) is 0. The lowest BCUT2D eigenvalue weighted by Gasteiger charge is -2.12. The van der Waals surface area contributed by atoms with Gasteiger partial charge < -0.3 is 4.42 Å². The Morgan fingerprint density at radius 1 is 0.378 bits per heavy atom. The van der Waals surface area contributed by atoms with Crippen LogP contribution in [0.3, 0.4) is 0 Å². The summed E-state index contributed by atoms with van der Waals surface area (Å²) < 4.78 is 6.15.